The zero-order chi connectivity index (χ0) is 21.4. The van der Waals surface area contributed by atoms with Crippen LogP contribution in [0.3, 0.4) is 0 Å². The minimum atomic E-state index is 0.0337. The summed E-state index contributed by atoms with van der Waals surface area (Å²) in [6.45, 7) is 10.1. The number of hydrogen-bond donors (Lipinski definition) is 2. The monoisotopic (exact) mass is 393 g/mol. The quantitative estimate of drug-likeness (QED) is 0.590. The summed E-state index contributed by atoms with van der Waals surface area (Å²) in [5.74, 6) is 0.0337. The van der Waals surface area contributed by atoms with E-state index in [4.69, 9.17) is 0 Å². The molecule has 0 radical (unpaired) electrons. The van der Waals surface area contributed by atoms with Gasteiger partial charge in [-0.25, -0.2) is 0 Å². The van der Waals surface area contributed by atoms with Gasteiger partial charge in [0.05, 0.1) is 0 Å². The van der Waals surface area contributed by atoms with E-state index in [1.165, 1.54) is 5.69 Å². The third-order valence-electron chi connectivity index (χ3n) is 4.57. The van der Waals surface area contributed by atoms with Crippen LogP contribution in [0, 0.1) is 5.41 Å². The summed E-state index contributed by atoms with van der Waals surface area (Å²) in [5.41, 5.74) is 5.65. The fourth-order valence-electron chi connectivity index (χ4n) is 2.87. The van der Waals surface area contributed by atoms with Gasteiger partial charge in [0.2, 0.25) is 5.91 Å². The molecule has 2 rings (SSSR count). The fourth-order valence-corrected chi connectivity index (χ4v) is 2.87. The molecule has 0 aliphatic rings. The van der Waals surface area contributed by atoms with E-state index in [1.807, 2.05) is 33.2 Å². The first-order chi connectivity index (χ1) is 13.7. The maximum Gasteiger partial charge on any atom is 0.224 e. The molecule has 0 saturated heterocycles. The SMILES string of the molecule is CCC(=O)Nc1ccc(/C=C/c2ccc(N(C)C)cc2)cc1CNCC(C)(C)C. The Morgan fingerprint density at radius 2 is 1.62 bits per heavy atom. The van der Waals surface area contributed by atoms with Crippen LogP contribution in [0.25, 0.3) is 12.2 Å². The van der Waals surface area contributed by atoms with Crippen molar-refractivity contribution >= 4 is 29.4 Å². The van der Waals surface area contributed by atoms with E-state index < -0.39 is 0 Å². The van der Waals surface area contributed by atoms with Gasteiger partial charge >= 0.3 is 0 Å². The highest BCUT2D eigenvalue weighted by Gasteiger charge is 2.11. The third kappa shape index (κ3) is 7.74. The zero-order valence-electron chi connectivity index (χ0n) is 18.7. The lowest BCUT2D eigenvalue weighted by Gasteiger charge is -2.20. The molecule has 0 bridgehead atoms. The van der Waals surface area contributed by atoms with Gasteiger partial charge in [0.1, 0.15) is 0 Å². The largest absolute Gasteiger partial charge is 0.378 e. The van der Waals surface area contributed by atoms with Crippen LogP contribution < -0.4 is 15.5 Å². The Balaban J connectivity index is 2.18. The van der Waals surface area contributed by atoms with Crippen molar-refractivity contribution in [2.24, 2.45) is 5.41 Å². The lowest BCUT2D eigenvalue weighted by molar-refractivity contribution is -0.115. The molecule has 29 heavy (non-hydrogen) atoms. The van der Waals surface area contributed by atoms with Gasteiger partial charge < -0.3 is 15.5 Å². The number of carbonyl (C=O) groups is 1. The highest BCUT2D eigenvalue weighted by atomic mass is 16.1. The first-order valence-electron chi connectivity index (χ1n) is 10.3. The molecular formula is C25H35N3O. The van der Waals surface area contributed by atoms with Crippen molar-refractivity contribution in [2.75, 3.05) is 30.9 Å². The van der Waals surface area contributed by atoms with Crippen LogP contribution in [0.1, 0.15) is 50.8 Å². The van der Waals surface area contributed by atoms with Crippen molar-refractivity contribution in [2.45, 2.75) is 40.7 Å². The molecule has 0 spiro atoms. The zero-order valence-corrected chi connectivity index (χ0v) is 18.7. The van der Waals surface area contributed by atoms with Gasteiger partial charge in [-0.3, -0.25) is 4.79 Å². The van der Waals surface area contributed by atoms with Gasteiger partial charge in [-0.05, 0) is 46.4 Å². The number of benzene rings is 2. The number of hydrogen-bond acceptors (Lipinski definition) is 3. The van der Waals surface area contributed by atoms with Crippen molar-refractivity contribution in [1.29, 1.82) is 0 Å². The van der Waals surface area contributed by atoms with Crippen LogP contribution in [0.2, 0.25) is 0 Å². The fraction of sp³-hybridized carbons (Fsp3) is 0.400. The molecule has 0 saturated carbocycles. The molecule has 0 aromatic heterocycles. The Hall–Kier alpha value is -2.59. The Bertz CT molecular complexity index is 830. The molecule has 2 N–H and O–H groups in total. The summed E-state index contributed by atoms with van der Waals surface area (Å²) in [6.07, 6.45) is 4.70. The third-order valence-corrected chi connectivity index (χ3v) is 4.57. The summed E-state index contributed by atoms with van der Waals surface area (Å²) in [5, 5.41) is 6.53. The van der Waals surface area contributed by atoms with E-state index in [1.54, 1.807) is 0 Å². The van der Waals surface area contributed by atoms with Crippen LogP contribution >= 0.6 is 0 Å². The van der Waals surface area contributed by atoms with Crippen molar-refractivity contribution in [3.05, 3.63) is 59.2 Å². The first-order valence-corrected chi connectivity index (χ1v) is 10.3. The van der Waals surface area contributed by atoms with Crippen molar-refractivity contribution in [3.8, 4) is 0 Å². The normalized spacial score (nSPS) is 11.7. The molecule has 1 amide bonds. The predicted octanol–water partition coefficient (Wildman–Crippen LogP) is 5.41. The number of amides is 1. The minimum Gasteiger partial charge on any atom is -0.378 e. The first kappa shape index (κ1) is 22.7. The summed E-state index contributed by atoms with van der Waals surface area (Å²) < 4.78 is 0. The van der Waals surface area contributed by atoms with Crippen LogP contribution in [-0.2, 0) is 11.3 Å². The average Bonchev–Trinajstić information content (AvgIpc) is 2.67. The molecular weight excluding hydrogens is 358 g/mol. The molecule has 2 aromatic carbocycles. The van der Waals surface area contributed by atoms with E-state index in [0.29, 0.717) is 6.42 Å². The van der Waals surface area contributed by atoms with Crippen LogP contribution in [0.15, 0.2) is 42.5 Å². The molecule has 0 aliphatic heterocycles. The van der Waals surface area contributed by atoms with Crippen molar-refractivity contribution in [1.82, 2.24) is 5.32 Å². The summed E-state index contributed by atoms with van der Waals surface area (Å²) in [7, 11) is 4.08. The van der Waals surface area contributed by atoms with E-state index in [9.17, 15) is 4.79 Å². The highest BCUT2D eigenvalue weighted by Crippen LogP contribution is 2.21. The van der Waals surface area contributed by atoms with Gasteiger partial charge in [-0.15, -0.1) is 0 Å². The van der Waals surface area contributed by atoms with Gasteiger partial charge in [0, 0.05) is 45.0 Å². The molecule has 0 heterocycles. The van der Waals surface area contributed by atoms with Crippen LogP contribution in [-0.4, -0.2) is 26.5 Å². The number of nitrogens with zero attached hydrogens (tertiary/aromatic N) is 1. The number of anilines is 2. The number of carbonyl (C=O) groups excluding carboxylic acids is 1. The Morgan fingerprint density at radius 3 is 2.21 bits per heavy atom. The smallest absolute Gasteiger partial charge is 0.224 e. The molecule has 0 unspecified atom stereocenters. The second-order valence-corrected chi connectivity index (χ2v) is 8.80. The average molecular weight is 394 g/mol. The Morgan fingerprint density at radius 1 is 1.00 bits per heavy atom. The molecule has 2 aromatic rings. The van der Waals surface area contributed by atoms with E-state index >= 15 is 0 Å². The molecule has 0 aliphatic carbocycles. The van der Waals surface area contributed by atoms with E-state index in [-0.39, 0.29) is 11.3 Å². The van der Waals surface area contributed by atoms with E-state index in [0.717, 1.165) is 35.5 Å². The molecule has 4 nitrogen and oxygen atoms in total. The number of rotatable bonds is 8. The van der Waals surface area contributed by atoms with Crippen LogP contribution in [0.5, 0.6) is 0 Å². The maximum atomic E-state index is 11.9. The lowest BCUT2D eigenvalue weighted by Crippen LogP contribution is -2.27. The van der Waals surface area contributed by atoms with Gasteiger partial charge in [0.25, 0.3) is 0 Å². The number of nitrogens with one attached hydrogen (secondary N) is 2. The molecule has 4 heteroatoms. The lowest BCUT2D eigenvalue weighted by atomic mass is 9.97. The van der Waals surface area contributed by atoms with Gasteiger partial charge in [-0.2, -0.15) is 0 Å². The maximum absolute atomic E-state index is 11.9. The summed E-state index contributed by atoms with van der Waals surface area (Å²) in [4.78, 5) is 14.0. The van der Waals surface area contributed by atoms with Crippen LogP contribution in [0.4, 0.5) is 11.4 Å². The van der Waals surface area contributed by atoms with E-state index in [2.05, 4.69) is 78.8 Å². The van der Waals surface area contributed by atoms with Crippen molar-refractivity contribution < 1.29 is 4.79 Å². The molecule has 0 fully saturated rings. The predicted molar refractivity (Wildman–Crippen MR) is 126 cm³/mol. The Kier molecular flexibility index (Phi) is 8.03. The highest BCUT2D eigenvalue weighted by molar-refractivity contribution is 5.91. The standard InChI is InChI=1S/C25H35N3O/c1-7-24(29)27-23-15-12-20(16-21(23)17-26-18-25(2,3)4)9-8-19-10-13-22(14-11-19)28(5)6/h8-16,26H,7,17-18H2,1-6H3,(H,27,29)/b9-8+. The summed E-state index contributed by atoms with van der Waals surface area (Å²) in [6, 6.07) is 14.7. The molecule has 156 valence electrons. The summed E-state index contributed by atoms with van der Waals surface area (Å²) >= 11 is 0. The second-order valence-electron chi connectivity index (χ2n) is 8.80. The second kappa shape index (κ2) is 10.3. The minimum absolute atomic E-state index is 0.0337. The van der Waals surface area contributed by atoms with Gasteiger partial charge in [-0.1, -0.05) is 58.0 Å². The topological polar surface area (TPSA) is 44.4 Å². The van der Waals surface area contributed by atoms with Gasteiger partial charge in [0.15, 0.2) is 0 Å². The Labute approximate surface area is 176 Å². The molecule has 0 atom stereocenters. The van der Waals surface area contributed by atoms with Crippen molar-refractivity contribution in [3.63, 3.8) is 0 Å².